The van der Waals surface area contributed by atoms with Gasteiger partial charge in [0.15, 0.2) is 6.61 Å². The summed E-state index contributed by atoms with van der Waals surface area (Å²) in [5.41, 5.74) is 6.53. The predicted molar refractivity (Wildman–Crippen MR) is 72.3 cm³/mol. The summed E-state index contributed by atoms with van der Waals surface area (Å²) in [6.45, 7) is 5.47. The number of hydrogen-bond acceptors (Lipinski definition) is 3. The van der Waals surface area contributed by atoms with Crippen molar-refractivity contribution in [3.8, 4) is 5.75 Å². The molecule has 4 nitrogen and oxygen atoms in total. The Bertz CT molecular complexity index is 378. The zero-order chi connectivity index (χ0) is 13.4. The van der Waals surface area contributed by atoms with Crippen molar-refractivity contribution < 1.29 is 9.53 Å². The van der Waals surface area contributed by atoms with E-state index in [2.05, 4.69) is 19.2 Å². The summed E-state index contributed by atoms with van der Waals surface area (Å²) in [6, 6.07) is 7.46. The summed E-state index contributed by atoms with van der Waals surface area (Å²) in [5, 5.41) is 2.82. The molecule has 18 heavy (non-hydrogen) atoms. The van der Waals surface area contributed by atoms with Crippen molar-refractivity contribution in [3.05, 3.63) is 29.8 Å². The van der Waals surface area contributed by atoms with Crippen LogP contribution in [0, 0.1) is 5.92 Å². The van der Waals surface area contributed by atoms with Crippen LogP contribution in [-0.2, 0) is 11.3 Å². The number of rotatable bonds is 7. The highest BCUT2D eigenvalue weighted by Gasteiger charge is 2.03. The SMILES string of the molecule is CC(C)CCNC(=O)COc1cccc(CN)c1. The van der Waals surface area contributed by atoms with Gasteiger partial charge in [0.2, 0.25) is 0 Å². The second-order valence-electron chi connectivity index (χ2n) is 4.67. The van der Waals surface area contributed by atoms with Crippen LogP contribution < -0.4 is 15.8 Å². The number of nitrogens with two attached hydrogens (primary N) is 1. The van der Waals surface area contributed by atoms with Gasteiger partial charge in [-0.2, -0.15) is 0 Å². The topological polar surface area (TPSA) is 64.3 Å². The molecule has 0 atom stereocenters. The zero-order valence-electron chi connectivity index (χ0n) is 11.1. The minimum atomic E-state index is -0.0891. The molecule has 100 valence electrons. The molecule has 0 saturated carbocycles. The number of carbonyl (C=O) groups is 1. The van der Waals surface area contributed by atoms with Gasteiger partial charge in [-0.05, 0) is 30.0 Å². The second kappa shape index (κ2) is 7.71. The molecular formula is C14H22N2O2. The largest absolute Gasteiger partial charge is 0.484 e. The maximum atomic E-state index is 11.5. The predicted octanol–water partition coefficient (Wildman–Crippen LogP) is 1.69. The first-order chi connectivity index (χ1) is 8.61. The van der Waals surface area contributed by atoms with Gasteiger partial charge in [0.05, 0.1) is 0 Å². The Balaban J connectivity index is 2.29. The minimum Gasteiger partial charge on any atom is -0.484 e. The third kappa shape index (κ3) is 5.68. The van der Waals surface area contributed by atoms with Gasteiger partial charge in [-0.15, -0.1) is 0 Å². The highest BCUT2D eigenvalue weighted by molar-refractivity contribution is 5.77. The molecule has 1 aromatic carbocycles. The molecule has 0 fully saturated rings. The van der Waals surface area contributed by atoms with Gasteiger partial charge in [0.25, 0.3) is 5.91 Å². The van der Waals surface area contributed by atoms with Crippen LogP contribution in [0.15, 0.2) is 24.3 Å². The summed E-state index contributed by atoms with van der Waals surface area (Å²) in [4.78, 5) is 11.5. The molecule has 0 aliphatic carbocycles. The molecule has 4 heteroatoms. The van der Waals surface area contributed by atoms with E-state index in [4.69, 9.17) is 10.5 Å². The van der Waals surface area contributed by atoms with Crippen LogP contribution in [0.1, 0.15) is 25.8 Å². The first-order valence-electron chi connectivity index (χ1n) is 6.30. The van der Waals surface area contributed by atoms with Crippen LogP contribution in [0.4, 0.5) is 0 Å². The van der Waals surface area contributed by atoms with Crippen LogP contribution in [-0.4, -0.2) is 19.1 Å². The van der Waals surface area contributed by atoms with E-state index in [1.807, 2.05) is 24.3 Å². The Kier molecular flexibility index (Phi) is 6.22. The van der Waals surface area contributed by atoms with E-state index in [0.29, 0.717) is 24.8 Å². The van der Waals surface area contributed by atoms with Gasteiger partial charge in [-0.25, -0.2) is 0 Å². The summed E-state index contributed by atoms with van der Waals surface area (Å²) < 4.78 is 5.40. The quantitative estimate of drug-likeness (QED) is 0.774. The van der Waals surface area contributed by atoms with Crippen LogP contribution in [0.2, 0.25) is 0 Å². The normalized spacial score (nSPS) is 10.4. The van der Waals surface area contributed by atoms with Gasteiger partial charge in [0.1, 0.15) is 5.75 Å². The maximum absolute atomic E-state index is 11.5. The standard InChI is InChI=1S/C14H22N2O2/c1-11(2)6-7-16-14(17)10-18-13-5-3-4-12(8-13)9-15/h3-5,8,11H,6-7,9-10,15H2,1-2H3,(H,16,17). The summed E-state index contributed by atoms with van der Waals surface area (Å²) in [6.07, 6.45) is 0.981. The molecule has 0 heterocycles. The number of hydrogen-bond donors (Lipinski definition) is 2. The summed E-state index contributed by atoms with van der Waals surface area (Å²) in [7, 11) is 0. The average Bonchev–Trinajstić information content (AvgIpc) is 2.36. The Morgan fingerprint density at radius 2 is 2.22 bits per heavy atom. The number of carbonyl (C=O) groups excluding carboxylic acids is 1. The lowest BCUT2D eigenvalue weighted by atomic mass is 10.1. The average molecular weight is 250 g/mol. The van der Waals surface area contributed by atoms with Crippen molar-refractivity contribution >= 4 is 5.91 Å². The van der Waals surface area contributed by atoms with Crippen molar-refractivity contribution in [2.45, 2.75) is 26.8 Å². The van der Waals surface area contributed by atoms with E-state index < -0.39 is 0 Å². The molecule has 0 aliphatic heterocycles. The van der Waals surface area contributed by atoms with E-state index in [1.165, 1.54) is 0 Å². The molecule has 0 spiro atoms. The van der Waals surface area contributed by atoms with Crippen molar-refractivity contribution in [1.82, 2.24) is 5.32 Å². The molecule has 1 amide bonds. The van der Waals surface area contributed by atoms with Crippen LogP contribution in [0.25, 0.3) is 0 Å². The molecule has 0 aliphatic rings. The van der Waals surface area contributed by atoms with E-state index in [0.717, 1.165) is 12.0 Å². The second-order valence-corrected chi connectivity index (χ2v) is 4.67. The lowest BCUT2D eigenvalue weighted by molar-refractivity contribution is -0.123. The van der Waals surface area contributed by atoms with Gasteiger partial charge in [0, 0.05) is 13.1 Å². The highest BCUT2D eigenvalue weighted by Crippen LogP contribution is 2.12. The molecule has 0 aromatic heterocycles. The summed E-state index contributed by atoms with van der Waals surface area (Å²) >= 11 is 0. The van der Waals surface area contributed by atoms with Gasteiger partial charge >= 0.3 is 0 Å². The summed E-state index contributed by atoms with van der Waals surface area (Å²) in [5.74, 6) is 1.18. The fourth-order valence-electron chi connectivity index (χ4n) is 1.46. The zero-order valence-corrected chi connectivity index (χ0v) is 11.1. The lowest BCUT2D eigenvalue weighted by Gasteiger charge is -2.09. The highest BCUT2D eigenvalue weighted by atomic mass is 16.5. The first kappa shape index (κ1) is 14.5. The van der Waals surface area contributed by atoms with Crippen LogP contribution >= 0.6 is 0 Å². The Morgan fingerprint density at radius 3 is 2.89 bits per heavy atom. The van der Waals surface area contributed by atoms with Crippen molar-refractivity contribution in [3.63, 3.8) is 0 Å². The van der Waals surface area contributed by atoms with Gasteiger partial charge < -0.3 is 15.8 Å². The Hall–Kier alpha value is -1.55. The van der Waals surface area contributed by atoms with Crippen molar-refractivity contribution in [2.75, 3.05) is 13.2 Å². The molecule has 0 unspecified atom stereocenters. The molecule has 3 N–H and O–H groups in total. The molecule has 0 saturated heterocycles. The molecule has 1 rings (SSSR count). The molecule has 0 radical (unpaired) electrons. The first-order valence-corrected chi connectivity index (χ1v) is 6.30. The third-order valence-corrected chi connectivity index (χ3v) is 2.55. The van der Waals surface area contributed by atoms with E-state index >= 15 is 0 Å². The van der Waals surface area contributed by atoms with Crippen molar-refractivity contribution in [2.24, 2.45) is 11.7 Å². The van der Waals surface area contributed by atoms with Crippen LogP contribution in [0.3, 0.4) is 0 Å². The number of ether oxygens (including phenoxy) is 1. The maximum Gasteiger partial charge on any atom is 0.257 e. The fourth-order valence-corrected chi connectivity index (χ4v) is 1.46. The monoisotopic (exact) mass is 250 g/mol. The Morgan fingerprint density at radius 1 is 1.44 bits per heavy atom. The fraction of sp³-hybridized carbons (Fsp3) is 0.500. The number of nitrogens with one attached hydrogen (secondary N) is 1. The smallest absolute Gasteiger partial charge is 0.257 e. The molecular weight excluding hydrogens is 228 g/mol. The molecule has 0 bridgehead atoms. The third-order valence-electron chi connectivity index (χ3n) is 2.55. The lowest BCUT2D eigenvalue weighted by Crippen LogP contribution is -2.30. The number of benzene rings is 1. The van der Waals surface area contributed by atoms with Gasteiger partial charge in [-0.1, -0.05) is 26.0 Å². The van der Waals surface area contributed by atoms with E-state index in [-0.39, 0.29) is 12.5 Å². The van der Waals surface area contributed by atoms with Crippen LogP contribution in [0.5, 0.6) is 5.75 Å². The van der Waals surface area contributed by atoms with Crippen molar-refractivity contribution in [1.29, 1.82) is 0 Å². The Labute approximate surface area is 109 Å². The molecule has 1 aromatic rings. The van der Waals surface area contributed by atoms with Gasteiger partial charge in [-0.3, -0.25) is 4.79 Å². The number of amides is 1. The minimum absolute atomic E-state index is 0.0477. The van der Waals surface area contributed by atoms with E-state index in [9.17, 15) is 4.79 Å². The van der Waals surface area contributed by atoms with E-state index in [1.54, 1.807) is 0 Å².